The fourth-order valence-electron chi connectivity index (χ4n) is 3.74. The number of hydrogen-bond donors (Lipinski definition) is 1. The molecule has 2 N–H and O–H groups in total. The Morgan fingerprint density at radius 1 is 0.778 bits per heavy atom. The SMILES string of the molecule is COc1ccc(CCN(Cc2ccc(C(C)C)cc2)S(=O)(=O)c2ccc(S(N)(=O)=O)cc2)cc1OC. The Bertz CT molecular complexity index is 1390. The summed E-state index contributed by atoms with van der Waals surface area (Å²) in [5.74, 6) is 1.51. The van der Waals surface area contributed by atoms with Crippen LogP contribution in [0.15, 0.2) is 76.5 Å². The second-order valence-corrected chi connectivity index (χ2v) is 12.2. The monoisotopic (exact) mass is 532 g/mol. The normalized spacial score (nSPS) is 12.2. The summed E-state index contributed by atoms with van der Waals surface area (Å²) in [7, 11) is -4.78. The molecule has 194 valence electrons. The average molecular weight is 533 g/mol. The third-order valence-corrected chi connectivity index (χ3v) is 8.68. The molecule has 0 aliphatic rings. The van der Waals surface area contributed by atoms with Gasteiger partial charge in [0.15, 0.2) is 11.5 Å². The van der Waals surface area contributed by atoms with Crippen molar-refractivity contribution in [2.75, 3.05) is 20.8 Å². The van der Waals surface area contributed by atoms with Crippen LogP contribution in [-0.2, 0) is 33.0 Å². The van der Waals surface area contributed by atoms with E-state index in [-0.39, 0.29) is 22.9 Å². The van der Waals surface area contributed by atoms with Gasteiger partial charge in [0.05, 0.1) is 24.0 Å². The van der Waals surface area contributed by atoms with E-state index < -0.39 is 20.0 Å². The molecule has 0 aliphatic heterocycles. The minimum absolute atomic E-state index is 0.0130. The number of methoxy groups -OCH3 is 2. The van der Waals surface area contributed by atoms with Crippen molar-refractivity contribution in [2.45, 2.75) is 42.5 Å². The van der Waals surface area contributed by atoms with Crippen molar-refractivity contribution < 1.29 is 26.3 Å². The van der Waals surface area contributed by atoms with E-state index in [0.717, 1.165) is 16.7 Å². The van der Waals surface area contributed by atoms with E-state index in [1.807, 2.05) is 36.4 Å². The van der Waals surface area contributed by atoms with Gasteiger partial charge < -0.3 is 9.47 Å². The van der Waals surface area contributed by atoms with E-state index in [9.17, 15) is 16.8 Å². The molecular formula is C26H32N2O6S2. The summed E-state index contributed by atoms with van der Waals surface area (Å²) in [6.45, 7) is 4.55. The quantitative estimate of drug-likeness (QED) is 0.400. The summed E-state index contributed by atoms with van der Waals surface area (Å²) < 4.78 is 62.5. The van der Waals surface area contributed by atoms with Crippen LogP contribution in [0.2, 0.25) is 0 Å². The van der Waals surface area contributed by atoms with E-state index >= 15 is 0 Å². The molecule has 36 heavy (non-hydrogen) atoms. The van der Waals surface area contributed by atoms with Gasteiger partial charge in [-0.15, -0.1) is 0 Å². The zero-order valence-electron chi connectivity index (χ0n) is 20.8. The molecule has 3 aromatic rings. The topological polar surface area (TPSA) is 116 Å². The molecule has 10 heteroatoms. The minimum Gasteiger partial charge on any atom is -0.493 e. The lowest BCUT2D eigenvalue weighted by Crippen LogP contribution is -2.32. The number of rotatable bonds is 11. The average Bonchev–Trinajstić information content (AvgIpc) is 2.86. The van der Waals surface area contributed by atoms with Crippen molar-refractivity contribution in [3.8, 4) is 11.5 Å². The van der Waals surface area contributed by atoms with Gasteiger partial charge in [0.1, 0.15) is 0 Å². The molecule has 0 atom stereocenters. The maximum Gasteiger partial charge on any atom is 0.243 e. The van der Waals surface area contributed by atoms with Crippen molar-refractivity contribution in [3.05, 3.63) is 83.4 Å². The third-order valence-electron chi connectivity index (χ3n) is 5.89. The van der Waals surface area contributed by atoms with E-state index in [1.54, 1.807) is 20.3 Å². The highest BCUT2D eigenvalue weighted by atomic mass is 32.2. The van der Waals surface area contributed by atoms with Gasteiger partial charge in [0.25, 0.3) is 0 Å². The summed E-state index contributed by atoms with van der Waals surface area (Å²) in [5.41, 5.74) is 2.89. The first-order chi connectivity index (χ1) is 17.0. The van der Waals surface area contributed by atoms with Gasteiger partial charge in [-0.2, -0.15) is 4.31 Å². The van der Waals surface area contributed by atoms with Crippen LogP contribution in [0.4, 0.5) is 0 Å². The van der Waals surface area contributed by atoms with Crippen molar-refractivity contribution in [2.24, 2.45) is 5.14 Å². The highest BCUT2D eigenvalue weighted by Gasteiger charge is 2.25. The van der Waals surface area contributed by atoms with Crippen LogP contribution in [0.25, 0.3) is 0 Å². The van der Waals surface area contributed by atoms with Gasteiger partial charge in [-0.1, -0.05) is 44.2 Å². The van der Waals surface area contributed by atoms with E-state index in [4.69, 9.17) is 14.6 Å². The number of benzene rings is 3. The number of hydrogen-bond acceptors (Lipinski definition) is 6. The number of nitrogens with zero attached hydrogens (tertiary/aromatic N) is 1. The van der Waals surface area contributed by atoms with Crippen LogP contribution in [0, 0.1) is 0 Å². The molecule has 0 bridgehead atoms. The van der Waals surface area contributed by atoms with Crippen molar-refractivity contribution in [1.29, 1.82) is 0 Å². The molecule has 0 spiro atoms. The minimum atomic E-state index is -3.94. The van der Waals surface area contributed by atoms with Gasteiger partial charge >= 0.3 is 0 Å². The maximum atomic E-state index is 13.6. The lowest BCUT2D eigenvalue weighted by Gasteiger charge is -2.23. The Labute approximate surface area is 213 Å². The van der Waals surface area contributed by atoms with Crippen LogP contribution < -0.4 is 14.6 Å². The number of sulfonamides is 2. The molecule has 0 amide bonds. The lowest BCUT2D eigenvalue weighted by molar-refractivity contribution is 0.354. The molecule has 0 fully saturated rings. The van der Waals surface area contributed by atoms with E-state index in [1.165, 1.54) is 28.6 Å². The smallest absolute Gasteiger partial charge is 0.243 e. The Kier molecular flexibility index (Phi) is 8.78. The van der Waals surface area contributed by atoms with Crippen LogP contribution in [0.3, 0.4) is 0 Å². The number of nitrogens with two attached hydrogens (primary N) is 1. The molecule has 0 aliphatic carbocycles. The molecule has 0 unspecified atom stereocenters. The second kappa shape index (κ2) is 11.4. The van der Waals surface area contributed by atoms with E-state index in [2.05, 4.69) is 13.8 Å². The van der Waals surface area contributed by atoms with Gasteiger partial charge in [0.2, 0.25) is 20.0 Å². The molecule has 0 aromatic heterocycles. The zero-order chi connectivity index (χ0) is 26.5. The number of primary sulfonamides is 1. The van der Waals surface area contributed by atoms with Crippen LogP contribution >= 0.6 is 0 Å². The molecule has 0 saturated heterocycles. The Morgan fingerprint density at radius 3 is 1.86 bits per heavy atom. The Hall–Kier alpha value is -2.92. The number of ether oxygens (including phenoxy) is 2. The van der Waals surface area contributed by atoms with Gasteiger partial charge in [-0.05, 0) is 65.4 Å². The fraction of sp³-hybridized carbons (Fsp3) is 0.308. The molecular weight excluding hydrogens is 500 g/mol. The predicted molar refractivity (Wildman–Crippen MR) is 139 cm³/mol. The fourth-order valence-corrected chi connectivity index (χ4v) is 5.68. The molecule has 0 heterocycles. The summed E-state index contributed by atoms with van der Waals surface area (Å²) in [5, 5.41) is 5.16. The first kappa shape index (κ1) is 27.7. The highest BCUT2D eigenvalue weighted by molar-refractivity contribution is 7.89. The van der Waals surface area contributed by atoms with Crippen LogP contribution in [-0.4, -0.2) is 41.9 Å². The molecule has 8 nitrogen and oxygen atoms in total. The maximum absolute atomic E-state index is 13.6. The second-order valence-electron chi connectivity index (χ2n) is 8.69. The molecule has 0 saturated carbocycles. The van der Waals surface area contributed by atoms with Crippen molar-refractivity contribution in [3.63, 3.8) is 0 Å². The zero-order valence-corrected chi connectivity index (χ0v) is 22.5. The Balaban J connectivity index is 1.92. The lowest BCUT2D eigenvalue weighted by atomic mass is 10.0. The third kappa shape index (κ3) is 6.64. The molecule has 3 rings (SSSR count). The van der Waals surface area contributed by atoms with E-state index in [0.29, 0.717) is 23.8 Å². The Morgan fingerprint density at radius 2 is 1.33 bits per heavy atom. The summed E-state index contributed by atoms with van der Waals surface area (Å²) >= 11 is 0. The standard InChI is InChI=1S/C26H32N2O6S2/c1-19(2)22-8-5-21(6-9-22)18-28(16-15-20-7-14-25(33-3)26(17-20)34-4)36(31,32)24-12-10-23(11-13-24)35(27,29)30/h5-14,17,19H,15-16,18H2,1-4H3,(H2,27,29,30). The van der Waals surface area contributed by atoms with Gasteiger partial charge in [0, 0.05) is 13.1 Å². The highest BCUT2D eigenvalue weighted by Crippen LogP contribution is 2.28. The summed E-state index contributed by atoms with van der Waals surface area (Å²) in [4.78, 5) is -0.163. The van der Waals surface area contributed by atoms with Gasteiger partial charge in [-0.3, -0.25) is 0 Å². The van der Waals surface area contributed by atoms with Crippen molar-refractivity contribution >= 4 is 20.0 Å². The molecule has 0 radical (unpaired) electrons. The molecule has 3 aromatic carbocycles. The largest absolute Gasteiger partial charge is 0.493 e. The van der Waals surface area contributed by atoms with Crippen LogP contribution in [0.5, 0.6) is 11.5 Å². The first-order valence-corrected chi connectivity index (χ1v) is 14.4. The van der Waals surface area contributed by atoms with Crippen LogP contribution in [0.1, 0.15) is 36.5 Å². The first-order valence-electron chi connectivity index (χ1n) is 11.4. The summed E-state index contributed by atoms with van der Waals surface area (Å²) in [6.07, 6.45) is 0.429. The summed E-state index contributed by atoms with van der Waals surface area (Å²) in [6, 6.07) is 18.3. The predicted octanol–water partition coefficient (Wildman–Crippen LogP) is 3.91. The van der Waals surface area contributed by atoms with Crippen molar-refractivity contribution in [1.82, 2.24) is 4.31 Å². The van der Waals surface area contributed by atoms with Gasteiger partial charge in [-0.25, -0.2) is 22.0 Å².